The molecular weight excluding hydrogens is 228 g/mol. The molecule has 4 heteroatoms. The van der Waals surface area contributed by atoms with Gasteiger partial charge in [-0.25, -0.2) is 0 Å². The summed E-state index contributed by atoms with van der Waals surface area (Å²) in [6.45, 7) is 3.82. The van der Waals surface area contributed by atoms with Crippen LogP contribution < -0.4 is 10.6 Å². The van der Waals surface area contributed by atoms with Crippen LogP contribution in [-0.4, -0.2) is 29.6 Å². The molecule has 1 amide bonds. The van der Waals surface area contributed by atoms with Gasteiger partial charge >= 0.3 is 0 Å². The Hall–Kier alpha value is -1.55. The lowest BCUT2D eigenvalue weighted by molar-refractivity contribution is -0.120. The van der Waals surface area contributed by atoms with Gasteiger partial charge in [0, 0.05) is 12.1 Å². The standard InChI is InChI=1S/C14H20N2O2/c1-14(6-3-7-16-14)10-15-13(18)9-11-4-2-5-12(17)8-11/h2,4-5,8,16-17H,3,6-7,9-10H2,1H3,(H,15,18). The zero-order valence-electron chi connectivity index (χ0n) is 10.7. The number of benzene rings is 1. The van der Waals surface area contributed by atoms with E-state index in [2.05, 4.69) is 17.6 Å². The average molecular weight is 248 g/mol. The molecule has 98 valence electrons. The maximum atomic E-state index is 11.8. The lowest BCUT2D eigenvalue weighted by Gasteiger charge is -2.24. The highest BCUT2D eigenvalue weighted by molar-refractivity contribution is 5.78. The Balaban J connectivity index is 1.82. The van der Waals surface area contributed by atoms with Crippen LogP contribution in [0.5, 0.6) is 5.75 Å². The topological polar surface area (TPSA) is 61.4 Å². The van der Waals surface area contributed by atoms with Crippen molar-refractivity contribution in [3.05, 3.63) is 29.8 Å². The molecule has 3 N–H and O–H groups in total. The third-order valence-corrected chi connectivity index (χ3v) is 3.41. The molecular formula is C14H20N2O2. The van der Waals surface area contributed by atoms with Crippen LogP contribution in [0.1, 0.15) is 25.3 Å². The van der Waals surface area contributed by atoms with Gasteiger partial charge in [0.05, 0.1) is 6.42 Å². The molecule has 1 aromatic carbocycles. The minimum absolute atomic E-state index is 0.00414. The van der Waals surface area contributed by atoms with Crippen molar-refractivity contribution in [1.82, 2.24) is 10.6 Å². The second-order valence-electron chi connectivity index (χ2n) is 5.21. The average Bonchev–Trinajstić information content (AvgIpc) is 2.74. The number of hydrogen-bond acceptors (Lipinski definition) is 3. The molecule has 0 bridgehead atoms. The zero-order chi connectivity index (χ0) is 13.0. The number of carbonyl (C=O) groups is 1. The van der Waals surface area contributed by atoms with Gasteiger partial charge in [0.2, 0.25) is 5.91 Å². The molecule has 4 nitrogen and oxygen atoms in total. The molecule has 0 aliphatic carbocycles. The summed E-state index contributed by atoms with van der Waals surface area (Å²) in [5.74, 6) is 0.195. The van der Waals surface area contributed by atoms with E-state index in [1.54, 1.807) is 18.2 Å². The number of hydrogen-bond donors (Lipinski definition) is 3. The predicted octanol–water partition coefficient (Wildman–Crippen LogP) is 1.19. The monoisotopic (exact) mass is 248 g/mol. The van der Waals surface area contributed by atoms with E-state index >= 15 is 0 Å². The molecule has 0 spiro atoms. The normalized spacial score (nSPS) is 22.9. The van der Waals surface area contributed by atoms with Gasteiger partial charge in [-0.2, -0.15) is 0 Å². The Labute approximate surface area is 107 Å². The van der Waals surface area contributed by atoms with E-state index in [1.165, 1.54) is 6.42 Å². The smallest absolute Gasteiger partial charge is 0.224 e. The molecule has 1 saturated heterocycles. The molecule has 18 heavy (non-hydrogen) atoms. The quantitative estimate of drug-likeness (QED) is 0.750. The van der Waals surface area contributed by atoms with Gasteiger partial charge in [0.15, 0.2) is 0 Å². The minimum atomic E-state index is -0.00414. The largest absolute Gasteiger partial charge is 0.508 e. The van der Waals surface area contributed by atoms with Crippen molar-refractivity contribution in [2.45, 2.75) is 31.7 Å². The van der Waals surface area contributed by atoms with E-state index in [9.17, 15) is 9.90 Å². The SMILES string of the molecule is CC1(CNC(=O)Cc2cccc(O)c2)CCCN1. The van der Waals surface area contributed by atoms with Crippen molar-refractivity contribution < 1.29 is 9.90 Å². The highest BCUT2D eigenvalue weighted by atomic mass is 16.3. The molecule has 1 unspecified atom stereocenters. The first kappa shape index (κ1) is 12.9. The molecule has 1 aliphatic heterocycles. The zero-order valence-corrected chi connectivity index (χ0v) is 10.7. The predicted molar refractivity (Wildman–Crippen MR) is 70.5 cm³/mol. The fourth-order valence-corrected chi connectivity index (χ4v) is 2.32. The first-order valence-corrected chi connectivity index (χ1v) is 6.37. The molecule has 0 radical (unpaired) electrons. The van der Waals surface area contributed by atoms with Crippen molar-refractivity contribution >= 4 is 5.91 Å². The van der Waals surface area contributed by atoms with Gasteiger partial charge < -0.3 is 15.7 Å². The van der Waals surface area contributed by atoms with Gasteiger partial charge in [-0.15, -0.1) is 0 Å². The van der Waals surface area contributed by atoms with E-state index in [-0.39, 0.29) is 17.2 Å². The summed E-state index contributed by atoms with van der Waals surface area (Å²) in [6, 6.07) is 6.81. The number of phenols is 1. The summed E-state index contributed by atoms with van der Waals surface area (Å²) in [7, 11) is 0. The summed E-state index contributed by atoms with van der Waals surface area (Å²) in [6.07, 6.45) is 2.57. The number of amides is 1. The second kappa shape index (κ2) is 5.40. The molecule has 1 heterocycles. The first-order valence-electron chi connectivity index (χ1n) is 6.37. The van der Waals surface area contributed by atoms with Crippen LogP contribution in [0.2, 0.25) is 0 Å². The first-order chi connectivity index (χ1) is 8.57. The molecule has 1 aromatic rings. The van der Waals surface area contributed by atoms with Crippen LogP contribution in [0, 0.1) is 0 Å². The summed E-state index contributed by atoms with van der Waals surface area (Å²) in [4.78, 5) is 11.8. The summed E-state index contributed by atoms with van der Waals surface area (Å²) >= 11 is 0. The van der Waals surface area contributed by atoms with Gasteiger partial charge in [-0.05, 0) is 44.0 Å². The Kier molecular flexibility index (Phi) is 3.87. The minimum Gasteiger partial charge on any atom is -0.508 e. The Bertz CT molecular complexity index is 426. The van der Waals surface area contributed by atoms with E-state index in [0.29, 0.717) is 13.0 Å². The summed E-state index contributed by atoms with van der Waals surface area (Å²) in [5.41, 5.74) is 0.867. The fourth-order valence-electron chi connectivity index (χ4n) is 2.32. The second-order valence-corrected chi connectivity index (χ2v) is 5.21. The van der Waals surface area contributed by atoms with Crippen LogP contribution in [0.3, 0.4) is 0 Å². The van der Waals surface area contributed by atoms with Gasteiger partial charge in [0.25, 0.3) is 0 Å². The van der Waals surface area contributed by atoms with E-state index in [1.807, 2.05) is 6.07 Å². The Morgan fingerprint density at radius 2 is 2.39 bits per heavy atom. The van der Waals surface area contributed by atoms with Crippen LogP contribution in [0.15, 0.2) is 24.3 Å². The fraction of sp³-hybridized carbons (Fsp3) is 0.500. The van der Waals surface area contributed by atoms with Crippen molar-refractivity contribution in [2.24, 2.45) is 0 Å². The molecule has 0 aromatic heterocycles. The number of rotatable bonds is 4. The Morgan fingerprint density at radius 3 is 3.06 bits per heavy atom. The number of phenolic OH excluding ortho intramolecular Hbond substituents is 1. The summed E-state index contributed by atoms with van der Waals surface area (Å²) in [5, 5.41) is 15.7. The third-order valence-electron chi connectivity index (χ3n) is 3.41. The van der Waals surface area contributed by atoms with E-state index in [0.717, 1.165) is 18.5 Å². The maximum Gasteiger partial charge on any atom is 0.224 e. The van der Waals surface area contributed by atoms with Crippen molar-refractivity contribution in [2.75, 3.05) is 13.1 Å². The van der Waals surface area contributed by atoms with E-state index in [4.69, 9.17) is 0 Å². The number of nitrogens with one attached hydrogen (secondary N) is 2. The molecule has 0 saturated carbocycles. The molecule has 2 rings (SSSR count). The van der Waals surface area contributed by atoms with Gasteiger partial charge in [-0.1, -0.05) is 12.1 Å². The van der Waals surface area contributed by atoms with Crippen molar-refractivity contribution in [3.8, 4) is 5.75 Å². The number of carbonyl (C=O) groups excluding carboxylic acids is 1. The lowest BCUT2D eigenvalue weighted by atomic mass is 10.0. The maximum absolute atomic E-state index is 11.8. The van der Waals surface area contributed by atoms with Gasteiger partial charge in [-0.3, -0.25) is 4.79 Å². The molecule has 1 atom stereocenters. The van der Waals surface area contributed by atoms with Crippen LogP contribution in [0.25, 0.3) is 0 Å². The highest BCUT2D eigenvalue weighted by Crippen LogP contribution is 2.17. The van der Waals surface area contributed by atoms with Gasteiger partial charge in [0.1, 0.15) is 5.75 Å². The van der Waals surface area contributed by atoms with Crippen LogP contribution >= 0.6 is 0 Å². The highest BCUT2D eigenvalue weighted by Gasteiger charge is 2.28. The number of aromatic hydroxyl groups is 1. The van der Waals surface area contributed by atoms with Crippen molar-refractivity contribution in [3.63, 3.8) is 0 Å². The van der Waals surface area contributed by atoms with Crippen molar-refractivity contribution in [1.29, 1.82) is 0 Å². The van der Waals surface area contributed by atoms with Crippen LogP contribution in [-0.2, 0) is 11.2 Å². The summed E-state index contributed by atoms with van der Waals surface area (Å²) < 4.78 is 0. The van der Waals surface area contributed by atoms with Crippen LogP contribution in [0.4, 0.5) is 0 Å². The van der Waals surface area contributed by atoms with E-state index < -0.39 is 0 Å². The third kappa shape index (κ3) is 3.47. The molecule has 1 aliphatic rings. The lowest BCUT2D eigenvalue weighted by Crippen LogP contribution is -2.47. The Morgan fingerprint density at radius 1 is 1.56 bits per heavy atom. The molecule has 1 fully saturated rings.